The van der Waals surface area contributed by atoms with Crippen molar-refractivity contribution in [1.82, 2.24) is 15.3 Å². The first-order valence-corrected chi connectivity index (χ1v) is 8.75. The zero-order valence-electron chi connectivity index (χ0n) is 14.2. The second kappa shape index (κ2) is 7.41. The fourth-order valence-electron chi connectivity index (χ4n) is 2.62. The number of fused-ring (bicyclic) bond motifs is 1. The highest BCUT2D eigenvalue weighted by Gasteiger charge is 2.18. The molecule has 1 amide bonds. The lowest BCUT2D eigenvalue weighted by molar-refractivity contribution is 0.191. The monoisotopic (exact) mass is 371 g/mol. The standard InChI is InChI=1S/C17H17N5O3S/c1-9(20-17(23)24)6-12-10(2)14-15(26-12)16(22-13(7-18)21-14)19-8-11-4-3-5-25-11/h3-5,9,20H,6,8H2,1-2H3,(H,23,24)(H,19,21,22). The molecule has 0 spiro atoms. The molecule has 0 aliphatic heterocycles. The number of furan rings is 1. The molecule has 3 rings (SSSR count). The number of nitrogens with zero attached hydrogens (tertiary/aromatic N) is 3. The normalized spacial score (nSPS) is 11.9. The third kappa shape index (κ3) is 3.75. The van der Waals surface area contributed by atoms with Crippen molar-refractivity contribution in [1.29, 1.82) is 5.26 Å². The lowest BCUT2D eigenvalue weighted by Crippen LogP contribution is -2.32. The number of hydrogen-bond acceptors (Lipinski definition) is 7. The van der Waals surface area contributed by atoms with Gasteiger partial charge in [0.1, 0.15) is 17.6 Å². The van der Waals surface area contributed by atoms with Gasteiger partial charge in [-0.3, -0.25) is 0 Å². The maximum absolute atomic E-state index is 10.8. The molecular formula is C17H17N5O3S. The summed E-state index contributed by atoms with van der Waals surface area (Å²) in [6.07, 6.45) is 1.08. The number of carboxylic acid groups (broad SMARTS) is 1. The summed E-state index contributed by atoms with van der Waals surface area (Å²) in [5.74, 6) is 1.41. The van der Waals surface area contributed by atoms with Crippen molar-refractivity contribution in [2.75, 3.05) is 5.32 Å². The molecule has 0 bridgehead atoms. The first kappa shape index (κ1) is 17.7. The number of hydrogen-bond donors (Lipinski definition) is 3. The molecule has 8 nitrogen and oxygen atoms in total. The second-order valence-corrected chi connectivity index (χ2v) is 6.93. The molecule has 1 unspecified atom stereocenters. The fraction of sp³-hybridized carbons (Fsp3) is 0.294. The summed E-state index contributed by atoms with van der Waals surface area (Å²) in [6.45, 7) is 4.17. The van der Waals surface area contributed by atoms with Crippen molar-refractivity contribution in [2.45, 2.75) is 32.9 Å². The van der Waals surface area contributed by atoms with Gasteiger partial charge in [-0.05, 0) is 31.5 Å². The molecule has 3 aromatic rings. The average Bonchev–Trinajstić information content (AvgIpc) is 3.21. The maximum atomic E-state index is 10.8. The van der Waals surface area contributed by atoms with Crippen LogP contribution in [0, 0.1) is 18.3 Å². The molecule has 0 saturated carbocycles. The zero-order chi connectivity index (χ0) is 18.7. The van der Waals surface area contributed by atoms with Gasteiger partial charge in [0.2, 0.25) is 5.82 Å². The van der Waals surface area contributed by atoms with Gasteiger partial charge in [-0.25, -0.2) is 14.8 Å². The van der Waals surface area contributed by atoms with E-state index in [0.717, 1.165) is 20.9 Å². The molecule has 9 heteroatoms. The van der Waals surface area contributed by atoms with Gasteiger partial charge in [-0.15, -0.1) is 11.3 Å². The Morgan fingerprint density at radius 3 is 2.96 bits per heavy atom. The van der Waals surface area contributed by atoms with Crippen LogP contribution in [0.15, 0.2) is 22.8 Å². The smallest absolute Gasteiger partial charge is 0.404 e. The Hall–Kier alpha value is -3.12. The molecule has 26 heavy (non-hydrogen) atoms. The summed E-state index contributed by atoms with van der Waals surface area (Å²) < 4.78 is 6.15. The van der Waals surface area contributed by atoms with E-state index in [1.807, 2.05) is 19.1 Å². The highest BCUT2D eigenvalue weighted by molar-refractivity contribution is 7.19. The van der Waals surface area contributed by atoms with Crippen molar-refractivity contribution < 1.29 is 14.3 Å². The molecule has 3 heterocycles. The maximum Gasteiger partial charge on any atom is 0.404 e. The van der Waals surface area contributed by atoms with E-state index in [4.69, 9.17) is 9.52 Å². The molecule has 0 saturated heterocycles. The predicted molar refractivity (Wildman–Crippen MR) is 97.2 cm³/mol. The Morgan fingerprint density at radius 1 is 1.50 bits per heavy atom. The van der Waals surface area contributed by atoms with Crippen LogP contribution in [0.4, 0.5) is 10.6 Å². The van der Waals surface area contributed by atoms with Crippen molar-refractivity contribution in [3.8, 4) is 6.07 Å². The topological polar surface area (TPSA) is 124 Å². The summed E-state index contributed by atoms with van der Waals surface area (Å²) in [7, 11) is 0. The van der Waals surface area contributed by atoms with Gasteiger partial charge in [-0.1, -0.05) is 0 Å². The van der Waals surface area contributed by atoms with Crippen molar-refractivity contribution >= 4 is 33.5 Å². The van der Waals surface area contributed by atoms with Crippen LogP contribution in [0.1, 0.15) is 28.9 Å². The number of aryl methyl sites for hydroxylation is 1. The van der Waals surface area contributed by atoms with Gasteiger partial charge in [0, 0.05) is 17.3 Å². The number of nitrogens with one attached hydrogen (secondary N) is 2. The first-order valence-electron chi connectivity index (χ1n) is 7.93. The lowest BCUT2D eigenvalue weighted by atomic mass is 10.1. The number of carbonyl (C=O) groups is 1. The number of nitriles is 1. The van der Waals surface area contributed by atoms with Crippen LogP contribution in [0.5, 0.6) is 0 Å². The highest BCUT2D eigenvalue weighted by atomic mass is 32.1. The number of thiophene rings is 1. The van der Waals surface area contributed by atoms with Crippen LogP contribution in [0.3, 0.4) is 0 Å². The molecule has 134 valence electrons. The van der Waals surface area contributed by atoms with Gasteiger partial charge in [0.25, 0.3) is 0 Å². The SMILES string of the molecule is Cc1c(CC(C)NC(=O)O)sc2c(NCc3ccco3)nc(C#N)nc12. The van der Waals surface area contributed by atoms with E-state index >= 15 is 0 Å². The zero-order valence-corrected chi connectivity index (χ0v) is 15.1. The summed E-state index contributed by atoms with van der Waals surface area (Å²) in [5.41, 5.74) is 1.64. The fourth-order valence-corrected chi connectivity index (χ4v) is 3.96. The van der Waals surface area contributed by atoms with E-state index < -0.39 is 6.09 Å². The minimum atomic E-state index is -1.05. The number of aromatic nitrogens is 2. The van der Waals surface area contributed by atoms with E-state index in [2.05, 4.69) is 20.6 Å². The van der Waals surface area contributed by atoms with Crippen LogP contribution < -0.4 is 10.6 Å². The Labute approximate surface area is 153 Å². The number of amides is 1. The van der Waals surface area contributed by atoms with Crippen molar-refractivity contribution in [3.63, 3.8) is 0 Å². The third-order valence-corrected chi connectivity index (χ3v) is 5.15. The van der Waals surface area contributed by atoms with Gasteiger partial charge in [0.15, 0.2) is 0 Å². The minimum absolute atomic E-state index is 0.0867. The molecular weight excluding hydrogens is 354 g/mol. The Balaban J connectivity index is 1.94. The molecule has 0 aliphatic rings. The van der Waals surface area contributed by atoms with Gasteiger partial charge in [-0.2, -0.15) is 5.26 Å². The summed E-state index contributed by atoms with van der Waals surface area (Å²) >= 11 is 1.50. The Kier molecular flexibility index (Phi) is 5.04. The van der Waals surface area contributed by atoms with Gasteiger partial charge < -0.3 is 20.2 Å². The molecule has 0 radical (unpaired) electrons. The first-order chi connectivity index (χ1) is 12.5. The lowest BCUT2D eigenvalue weighted by Gasteiger charge is -2.10. The van der Waals surface area contributed by atoms with Crippen LogP contribution in [-0.4, -0.2) is 27.2 Å². The largest absolute Gasteiger partial charge is 0.467 e. The quantitative estimate of drug-likeness (QED) is 0.607. The summed E-state index contributed by atoms with van der Waals surface area (Å²) in [5, 5.41) is 23.7. The Morgan fingerprint density at radius 2 is 2.31 bits per heavy atom. The molecule has 0 aliphatic carbocycles. The second-order valence-electron chi connectivity index (χ2n) is 5.82. The molecule has 0 fully saturated rings. The van der Waals surface area contributed by atoms with E-state index in [1.165, 1.54) is 11.3 Å². The van der Waals surface area contributed by atoms with Crippen LogP contribution in [0.2, 0.25) is 0 Å². The minimum Gasteiger partial charge on any atom is -0.467 e. The average molecular weight is 371 g/mol. The summed E-state index contributed by atoms with van der Waals surface area (Å²) in [4.78, 5) is 20.4. The van der Waals surface area contributed by atoms with Gasteiger partial charge in [0.05, 0.1) is 23.0 Å². The predicted octanol–water partition coefficient (Wildman–Crippen LogP) is 3.28. The summed E-state index contributed by atoms with van der Waals surface area (Å²) in [6, 6.07) is 5.40. The van der Waals surface area contributed by atoms with Crippen molar-refractivity contribution in [3.05, 3.63) is 40.4 Å². The van der Waals surface area contributed by atoms with Crippen LogP contribution in [-0.2, 0) is 13.0 Å². The molecule has 3 N–H and O–H groups in total. The third-order valence-electron chi connectivity index (χ3n) is 3.84. The Bertz CT molecular complexity index is 975. The van der Waals surface area contributed by atoms with Crippen LogP contribution in [0.25, 0.3) is 10.2 Å². The molecule has 3 aromatic heterocycles. The van der Waals surface area contributed by atoms with E-state index in [-0.39, 0.29) is 11.9 Å². The highest BCUT2D eigenvalue weighted by Crippen LogP contribution is 2.34. The van der Waals surface area contributed by atoms with E-state index in [1.54, 1.807) is 19.3 Å². The van der Waals surface area contributed by atoms with Crippen LogP contribution >= 0.6 is 11.3 Å². The van der Waals surface area contributed by atoms with Crippen molar-refractivity contribution in [2.24, 2.45) is 0 Å². The van der Waals surface area contributed by atoms with Gasteiger partial charge >= 0.3 is 6.09 Å². The van der Waals surface area contributed by atoms with E-state index in [0.29, 0.717) is 24.3 Å². The molecule has 1 atom stereocenters. The number of rotatable bonds is 6. The number of anilines is 1. The van der Waals surface area contributed by atoms with E-state index in [9.17, 15) is 10.1 Å². The molecule has 0 aromatic carbocycles.